The highest BCUT2D eigenvalue weighted by Gasteiger charge is 2.15. The van der Waals surface area contributed by atoms with Crippen LogP contribution in [0.1, 0.15) is 37.6 Å². The Morgan fingerprint density at radius 3 is 2.60 bits per heavy atom. The van der Waals surface area contributed by atoms with Crippen molar-refractivity contribution in [2.45, 2.75) is 32.8 Å². The van der Waals surface area contributed by atoms with Crippen LogP contribution < -0.4 is 16.0 Å². The average Bonchev–Trinajstić information content (AvgIpc) is 2.59. The maximum atomic E-state index is 11.9. The molecule has 0 atom stereocenters. The molecule has 0 unspecified atom stereocenters. The average molecular weight is 350 g/mol. The summed E-state index contributed by atoms with van der Waals surface area (Å²) in [4.78, 5) is 16.5. The number of hydrogen-bond donors (Lipinski definition) is 4. The van der Waals surface area contributed by atoms with Crippen molar-refractivity contribution in [3.63, 3.8) is 0 Å². The van der Waals surface area contributed by atoms with E-state index < -0.39 is 0 Å². The van der Waals surface area contributed by atoms with Crippen molar-refractivity contribution in [2.75, 3.05) is 33.3 Å². The second-order valence-corrected chi connectivity index (χ2v) is 6.25. The first-order valence-corrected chi connectivity index (χ1v) is 8.52. The molecule has 1 aromatic carbocycles. The molecule has 1 aromatic rings. The van der Waals surface area contributed by atoms with Crippen LogP contribution in [0.25, 0.3) is 0 Å². The summed E-state index contributed by atoms with van der Waals surface area (Å²) >= 11 is 0. The van der Waals surface area contributed by atoms with Gasteiger partial charge >= 0.3 is 0 Å². The van der Waals surface area contributed by atoms with E-state index in [4.69, 9.17) is 4.74 Å². The van der Waals surface area contributed by atoms with Crippen LogP contribution in [0.4, 0.5) is 0 Å². The van der Waals surface area contributed by atoms with E-state index in [9.17, 15) is 9.90 Å². The van der Waals surface area contributed by atoms with Gasteiger partial charge in [0, 0.05) is 32.3 Å². The highest BCUT2D eigenvalue weighted by Crippen LogP contribution is 2.10. The molecule has 0 aliphatic heterocycles. The van der Waals surface area contributed by atoms with Crippen molar-refractivity contribution in [3.8, 4) is 5.75 Å². The van der Waals surface area contributed by atoms with Gasteiger partial charge in [-0.1, -0.05) is 6.07 Å². The van der Waals surface area contributed by atoms with Crippen molar-refractivity contribution in [1.29, 1.82) is 0 Å². The summed E-state index contributed by atoms with van der Waals surface area (Å²) in [5.41, 5.74) is 0.141. The third kappa shape index (κ3) is 8.39. The lowest BCUT2D eigenvalue weighted by Crippen LogP contribution is -2.40. The van der Waals surface area contributed by atoms with Gasteiger partial charge in [-0.05, 0) is 45.4 Å². The van der Waals surface area contributed by atoms with E-state index in [1.165, 1.54) is 12.1 Å². The Balaban J connectivity index is 2.34. The molecule has 0 saturated carbocycles. The predicted molar refractivity (Wildman–Crippen MR) is 100 cm³/mol. The monoisotopic (exact) mass is 350 g/mol. The summed E-state index contributed by atoms with van der Waals surface area (Å²) in [6.07, 6.45) is 0.753. The van der Waals surface area contributed by atoms with E-state index in [2.05, 4.69) is 20.9 Å². The minimum atomic E-state index is -0.308. The molecule has 0 aliphatic carbocycles. The fourth-order valence-electron chi connectivity index (χ4n) is 1.92. The van der Waals surface area contributed by atoms with E-state index in [0.717, 1.165) is 18.9 Å². The van der Waals surface area contributed by atoms with Gasteiger partial charge in [0.15, 0.2) is 5.96 Å². The first kappa shape index (κ1) is 20.8. The van der Waals surface area contributed by atoms with Gasteiger partial charge in [-0.25, -0.2) is 0 Å². The van der Waals surface area contributed by atoms with Gasteiger partial charge < -0.3 is 25.8 Å². The number of rotatable bonds is 9. The Hall–Kier alpha value is -2.28. The highest BCUT2D eigenvalue weighted by atomic mass is 16.5. The number of ether oxygens (including phenoxy) is 1. The molecule has 0 aliphatic rings. The molecule has 7 nitrogen and oxygen atoms in total. The highest BCUT2D eigenvalue weighted by molar-refractivity contribution is 5.94. The summed E-state index contributed by atoms with van der Waals surface area (Å²) < 4.78 is 5.36. The lowest BCUT2D eigenvalue weighted by molar-refractivity contribution is 0.0310. The first-order valence-electron chi connectivity index (χ1n) is 8.52. The van der Waals surface area contributed by atoms with Crippen LogP contribution >= 0.6 is 0 Å². The molecule has 4 N–H and O–H groups in total. The molecule has 0 spiro atoms. The van der Waals surface area contributed by atoms with Crippen LogP contribution in [0.15, 0.2) is 29.3 Å². The van der Waals surface area contributed by atoms with Crippen LogP contribution in [-0.4, -0.2) is 55.9 Å². The second-order valence-electron chi connectivity index (χ2n) is 6.25. The summed E-state index contributed by atoms with van der Waals surface area (Å²) in [5, 5.41) is 18.6. The lowest BCUT2D eigenvalue weighted by atomic mass is 10.1. The topological polar surface area (TPSA) is 95.0 Å². The van der Waals surface area contributed by atoms with Crippen LogP contribution in [0.5, 0.6) is 5.75 Å². The van der Waals surface area contributed by atoms with Gasteiger partial charge in [-0.3, -0.25) is 9.79 Å². The summed E-state index contributed by atoms with van der Waals surface area (Å²) in [6, 6.07) is 6.29. The van der Waals surface area contributed by atoms with Gasteiger partial charge in [0.1, 0.15) is 5.75 Å². The fourth-order valence-corrected chi connectivity index (χ4v) is 1.92. The molecule has 0 radical (unpaired) electrons. The number of phenolic OH excluding ortho intramolecular Hbond substituents is 1. The molecular weight excluding hydrogens is 320 g/mol. The molecule has 0 saturated heterocycles. The standard InChI is InChI=1S/C18H30N4O3/c1-5-19-17(22-13-18(2,3)25-4)21-11-7-10-20-16(24)14-8-6-9-15(23)12-14/h6,8-9,12,23H,5,7,10-11,13H2,1-4H3,(H,20,24)(H2,19,21,22). The number of carbonyl (C=O) groups excluding carboxylic acids is 1. The van der Waals surface area contributed by atoms with Crippen LogP contribution in [0.3, 0.4) is 0 Å². The summed E-state index contributed by atoms with van der Waals surface area (Å²) in [7, 11) is 1.67. The van der Waals surface area contributed by atoms with Gasteiger partial charge in [0.25, 0.3) is 5.91 Å². The Morgan fingerprint density at radius 2 is 1.96 bits per heavy atom. The van der Waals surface area contributed by atoms with Gasteiger partial charge in [-0.2, -0.15) is 0 Å². The number of carbonyl (C=O) groups is 1. The number of amides is 1. The molecule has 0 aromatic heterocycles. The zero-order chi connectivity index (χ0) is 18.7. The van der Waals surface area contributed by atoms with Crippen LogP contribution in [0.2, 0.25) is 0 Å². The molecular formula is C18H30N4O3. The van der Waals surface area contributed by atoms with Crippen molar-refractivity contribution in [2.24, 2.45) is 4.99 Å². The Bertz CT molecular complexity index is 573. The number of benzene rings is 1. The Kier molecular flexibility index (Phi) is 8.77. The van der Waals surface area contributed by atoms with Crippen molar-refractivity contribution < 1.29 is 14.6 Å². The molecule has 0 fully saturated rings. The molecule has 0 bridgehead atoms. The molecule has 0 heterocycles. The number of nitrogens with zero attached hydrogens (tertiary/aromatic N) is 1. The van der Waals surface area contributed by atoms with Gasteiger partial charge in [0.2, 0.25) is 0 Å². The van der Waals surface area contributed by atoms with Crippen molar-refractivity contribution in [1.82, 2.24) is 16.0 Å². The second kappa shape index (κ2) is 10.6. The number of nitrogens with one attached hydrogen (secondary N) is 3. The van der Waals surface area contributed by atoms with E-state index in [-0.39, 0.29) is 17.3 Å². The molecule has 25 heavy (non-hydrogen) atoms. The SMILES string of the molecule is CCNC(=NCC(C)(C)OC)NCCCNC(=O)c1cccc(O)c1. The number of phenols is 1. The smallest absolute Gasteiger partial charge is 0.251 e. The van der Waals surface area contributed by atoms with E-state index in [1.54, 1.807) is 19.2 Å². The van der Waals surface area contributed by atoms with Gasteiger partial charge in [0.05, 0.1) is 12.1 Å². The van der Waals surface area contributed by atoms with Crippen LogP contribution in [-0.2, 0) is 4.74 Å². The number of aliphatic imine (C=N–C) groups is 1. The maximum absolute atomic E-state index is 11.9. The molecule has 7 heteroatoms. The van der Waals surface area contributed by atoms with Crippen molar-refractivity contribution >= 4 is 11.9 Å². The Labute approximate surface area is 149 Å². The third-order valence-electron chi connectivity index (χ3n) is 3.55. The molecule has 1 amide bonds. The fraction of sp³-hybridized carbons (Fsp3) is 0.556. The number of guanidine groups is 1. The molecule has 140 valence electrons. The normalized spacial score (nSPS) is 11.9. The Morgan fingerprint density at radius 1 is 1.24 bits per heavy atom. The first-order chi connectivity index (χ1) is 11.9. The van der Waals surface area contributed by atoms with E-state index in [1.807, 2.05) is 20.8 Å². The number of hydrogen-bond acceptors (Lipinski definition) is 4. The molecule has 1 rings (SSSR count). The van der Waals surface area contributed by atoms with Crippen molar-refractivity contribution in [3.05, 3.63) is 29.8 Å². The van der Waals surface area contributed by atoms with Crippen LogP contribution in [0, 0.1) is 0 Å². The zero-order valence-electron chi connectivity index (χ0n) is 15.6. The zero-order valence-corrected chi connectivity index (χ0v) is 15.6. The minimum absolute atomic E-state index is 0.0831. The summed E-state index contributed by atoms with van der Waals surface area (Å²) in [6.45, 7) is 8.51. The van der Waals surface area contributed by atoms with E-state index >= 15 is 0 Å². The number of aromatic hydroxyl groups is 1. The largest absolute Gasteiger partial charge is 0.508 e. The third-order valence-corrected chi connectivity index (χ3v) is 3.55. The summed E-state index contributed by atoms with van der Waals surface area (Å²) in [5.74, 6) is 0.616. The number of methoxy groups -OCH3 is 1. The predicted octanol–water partition coefficient (Wildman–Crippen LogP) is 1.49. The van der Waals surface area contributed by atoms with Gasteiger partial charge in [-0.15, -0.1) is 0 Å². The lowest BCUT2D eigenvalue weighted by Gasteiger charge is -2.21. The quantitative estimate of drug-likeness (QED) is 0.307. The maximum Gasteiger partial charge on any atom is 0.251 e. The van der Waals surface area contributed by atoms with E-state index in [0.29, 0.717) is 25.2 Å². The minimum Gasteiger partial charge on any atom is -0.508 e.